The van der Waals surface area contributed by atoms with Crippen LogP contribution >= 0.6 is 0 Å². The van der Waals surface area contributed by atoms with Crippen LogP contribution in [0.3, 0.4) is 0 Å². The molecule has 0 bridgehead atoms. The zero-order chi connectivity index (χ0) is 16.9. The van der Waals surface area contributed by atoms with Crippen LogP contribution in [0.4, 0.5) is 0 Å². The summed E-state index contributed by atoms with van der Waals surface area (Å²) < 4.78 is 11.4. The molecule has 5 heteroatoms. The Morgan fingerprint density at radius 1 is 1.35 bits per heavy atom. The van der Waals surface area contributed by atoms with Crippen LogP contribution < -0.4 is 0 Å². The molecule has 2 aliphatic rings. The lowest BCUT2D eigenvalue weighted by Crippen LogP contribution is -2.58. The molecule has 0 aliphatic carbocycles. The summed E-state index contributed by atoms with van der Waals surface area (Å²) in [6.45, 7) is 8.08. The summed E-state index contributed by atoms with van der Waals surface area (Å²) in [7, 11) is 0. The van der Waals surface area contributed by atoms with E-state index in [9.17, 15) is 10.1 Å². The van der Waals surface area contributed by atoms with Crippen LogP contribution in [0.2, 0.25) is 0 Å². The van der Waals surface area contributed by atoms with E-state index < -0.39 is 5.60 Å². The maximum absolute atomic E-state index is 11.8. The Morgan fingerprint density at radius 3 is 2.70 bits per heavy atom. The highest BCUT2D eigenvalue weighted by Crippen LogP contribution is 2.38. The largest absolute Gasteiger partial charge is 0.460 e. The number of ether oxygens (including phenoxy) is 2. The summed E-state index contributed by atoms with van der Waals surface area (Å²) in [6.07, 6.45) is 6.39. The summed E-state index contributed by atoms with van der Waals surface area (Å²) in [5, 5.41) is 9.68. The van der Waals surface area contributed by atoms with Gasteiger partial charge in [-0.3, -0.25) is 9.69 Å². The third-order valence-electron chi connectivity index (χ3n) is 4.66. The third kappa shape index (κ3) is 4.92. The molecule has 0 N–H and O–H groups in total. The van der Waals surface area contributed by atoms with Crippen molar-refractivity contribution in [3.05, 3.63) is 0 Å². The van der Waals surface area contributed by atoms with Crippen molar-refractivity contribution in [3.63, 3.8) is 0 Å². The molecule has 2 atom stereocenters. The smallest absolute Gasteiger partial charge is 0.306 e. The Bertz CT molecular complexity index is 439. The molecule has 0 radical (unpaired) electrons. The van der Waals surface area contributed by atoms with Crippen molar-refractivity contribution in [2.24, 2.45) is 0 Å². The second-order valence-electron chi connectivity index (χ2n) is 7.73. The van der Waals surface area contributed by atoms with E-state index in [4.69, 9.17) is 9.47 Å². The average Bonchev–Trinajstić information content (AvgIpc) is 2.46. The number of carbonyl (C=O) groups is 1. The maximum Gasteiger partial charge on any atom is 0.306 e. The van der Waals surface area contributed by atoms with Crippen LogP contribution in [0.5, 0.6) is 0 Å². The van der Waals surface area contributed by atoms with Gasteiger partial charge in [0, 0.05) is 19.6 Å². The van der Waals surface area contributed by atoms with Crippen LogP contribution in [-0.4, -0.2) is 47.8 Å². The summed E-state index contributed by atoms with van der Waals surface area (Å²) in [5.41, 5.74) is -0.714. The minimum absolute atomic E-state index is 0.161. The summed E-state index contributed by atoms with van der Waals surface area (Å²) in [4.78, 5) is 14.0. The summed E-state index contributed by atoms with van der Waals surface area (Å²) in [6, 6.07) is 2.29. The van der Waals surface area contributed by atoms with Gasteiger partial charge in [-0.15, -0.1) is 0 Å². The molecule has 5 nitrogen and oxygen atoms in total. The third-order valence-corrected chi connectivity index (χ3v) is 4.66. The molecule has 0 saturated carbocycles. The van der Waals surface area contributed by atoms with Gasteiger partial charge in [0.1, 0.15) is 11.6 Å². The highest BCUT2D eigenvalue weighted by Gasteiger charge is 2.46. The van der Waals surface area contributed by atoms with Gasteiger partial charge in [-0.1, -0.05) is 0 Å². The molecule has 2 fully saturated rings. The fourth-order valence-electron chi connectivity index (χ4n) is 3.73. The number of likely N-dealkylation sites (tertiary alicyclic amines) is 1. The van der Waals surface area contributed by atoms with E-state index in [0.717, 1.165) is 58.2 Å². The van der Waals surface area contributed by atoms with Crippen LogP contribution in [0, 0.1) is 11.3 Å². The van der Waals surface area contributed by atoms with E-state index in [1.807, 2.05) is 20.8 Å². The Labute approximate surface area is 139 Å². The van der Waals surface area contributed by atoms with Gasteiger partial charge in [-0.2, -0.15) is 5.26 Å². The molecule has 2 rings (SSSR count). The van der Waals surface area contributed by atoms with E-state index in [1.165, 1.54) is 0 Å². The first-order chi connectivity index (χ1) is 10.9. The van der Waals surface area contributed by atoms with Gasteiger partial charge in [0.15, 0.2) is 0 Å². The van der Waals surface area contributed by atoms with Crippen molar-refractivity contribution in [1.29, 1.82) is 5.26 Å². The minimum Gasteiger partial charge on any atom is -0.460 e. The average molecular weight is 322 g/mol. The number of nitrogens with zero attached hydrogens (tertiary/aromatic N) is 2. The van der Waals surface area contributed by atoms with Gasteiger partial charge in [0.25, 0.3) is 0 Å². The fraction of sp³-hybridized carbons (Fsp3) is 0.889. The number of piperidine rings is 1. The lowest BCUT2D eigenvalue weighted by Gasteiger charge is -2.48. The van der Waals surface area contributed by atoms with Crippen molar-refractivity contribution in [1.82, 2.24) is 4.90 Å². The Hall–Kier alpha value is -1.12. The number of carbonyl (C=O) groups excluding carboxylic acids is 1. The van der Waals surface area contributed by atoms with Gasteiger partial charge >= 0.3 is 5.97 Å². The lowest BCUT2D eigenvalue weighted by molar-refractivity contribution is -0.155. The van der Waals surface area contributed by atoms with Gasteiger partial charge in [0.2, 0.25) is 0 Å². The Balaban J connectivity index is 1.86. The lowest BCUT2D eigenvalue weighted by atomic mass is 9.79. The second kappa shape index (κ2) is 7.63. The van der Waals surface area contributed by atoms with Crippen LogP contribution in [0.1, 0.15) is 65.7 Å². The zero-order valence-electron chi connectivity index (χ0n) is 14.8. The molecule has 0 unspecified atom stereocenters. The highest BCUT2D eigenvalue weighted by atomic mass is 16.6. The fourth-order valence-corrected chi connectivity index (χ4v) is 3.73. The van der Waals surface area contributed by atoms with Crippen molar-refractivity contribution >= 4 is 5.97 Å². The first kappa shape index (κ1) is 18.2. The number of nitriles is 1. The van der Waals surface area contributed by atoms with Crippen molar-refractivity contribution in [3.8, 4) is 6.07 Å². The van der Waals surface area contributed by atoms with E-state index in [1.54, 1.807) is 0 Å². The Morgan fingerprint density at radius 2 is 2.09 bits per heavy atom. The van der Waals surface area contributed by atoms with Crippen molar-refractivity contribution < 1.29 is 14.3 Å². The minimum atomic E-state index is -0.433. The predicted octanol–water partition coefficient (Wildman–Crippen LogP) is 3.04. The topological polar surface area (TPSA) is 62.6 Å². The number of esters is 1. The first-order valence-electron chi connectivity index (χ1n) is 8.86. The molecule has 0 amide bonds. The van der Waals surface area contributed by atoms with Gasteiger partial charge in [-0.25, -0.2) is 0 Å². The van der Waals surface area contributed by atoms with Gasteiger partial charge in [-0.05, 0) is 65.8 Å². The van der Waals surface area contributed by atoms with E-state index >= 15 is 0 Å². The van der Waals surface area contributed by atoms with E-state index in [-0.39, 0.29) is 17.6 Å². The molecular weight excluding hydrogens is 292 g/mol. The molecule has 0 aromatic heterocycles. The maximum atomic E-state index is 11.8. The van der Waals surface area contributed by atoms with E-state index in [2.05, 4.69) is 11.0 Å². The Kier molecular flexibility index (Phi) is 6.05. The summed E-state index contributed by atoms with van der Waals surface area (Å²) in [5.74, 6) is -0.161. The number of hydrogen-bond donors (Lipinski definition) is 0. The first-order valence-corrected chi connectivity index (χ1v) is 8.86. The van der Waals surface area contributed by atoms with Crippen molar-refractivity contribution in [2.75, 3.05) is 19.7 Å². The predicted molar refractivity (Wildman–Crippen MR) is 87.8 cm³/mol. The molecule has 2 aliphatic heterocycles. The molecule has 130 valence electrons. The highest BCUT2D eigenvalue weighted by molar-refractivity contribution is 5.69. The molecule has 23 heavy (non-hydrogen) atoms. The quantitative estimate of drug-likeness (QED) is 0.744. The normalized spacial score (nSPS) is 29.2. The molecule has 0 aromatic rings. The van der Waals surface area contributed by atoms with Gasteiger partial charge < -0.3 is 9.47 Å². The number of rotatable bonds is 4. The van der Waals surface area contributed by atoms with Gasteiger partial charge in [0.05, 0.1) is 11.7 Å². The second-order valence-corrected chi connectivity index (χ2v) is 7.73. The van der Waals surface area contributed by atoms with Crippen LogP contribution in [0.15, 0.2) is 0 Å². The molecule has 0 aromatic carbocycles. The van der Waals surface area contributed by atoms with Crippen LogP contribution in [0.25, 0.3) is 0 Å². The monoisotopic (exact) mass is 322 g/mol. The molecular formula is C18H30N2O3. The molecule has 2 saturated heterocycles. The molecule has 2 heterocycles. The SMILES string of the molecule is CC(C)(C)OC(=O)CCCN1CCC[C@@]2(CCCCO2)[C@H]1C#N. The summed E-state index contributed by atoms with van der Waals surface area (Å²) >= 11 is 0. The van der Waals surface area contributed by atoms with E-state index in [0.29, 0.717) is 6.42 Å². The standard InChI is InChI=1S/C18H30N2O3/c1-17(2,3)23-16(21)8-6-11-20-12-7-10-18(15(20)14-19)9-4-5-13-22-18/h15H,4-13H2,1-3H3/t15-,18+/m1/s1. The molecule has 1 spiro atoms. The number of hydrogen-bond acceptors (Lipinski definition) is 5. The zero-order valence-corrected chi connectivity index (χ0v) is 14.8. The van der Waals surface area contributed by atoms with Crippen molar-refractivity contribution in [2.45, 2.75) is 83.0 Å². The van der Waals surface area contributed by atoms with Crippen LogP contribution in [-0.2, 0) is 14.3 Å².